The van der Waals surface area contributed by atoms with Crippen molar-refractivity contribution >= 4 is 5.69 Å². The first-order chi connectivity index (χ1) is 11.9. The van der Waals surface area contributed by atoms with Gasteiger partial charge in [-0.1, -0.05) is 57.2 Å². The molecule has 0 bridgehead atoms. The van der Waals surface area contributed by atoms with Crippen molar-refractivity contribution < 1.29 is 0 Å². The molecule has 0 spiro atoms. The van der Waals surface area contributed by atoms with E-state index in [4.69, 9.17) is 15.8 Å². The van der Waals surface area contributed by atoms with Crippen molar-refractivity contribution in [2.24, 2.45) is 0 Å². The molecule has 122 valence electrons. The molecular formula is C21H18N4. The topological polar surface area (TPSA) is 83.4 Å². The third kappa shape index (κ3) is 4.25. The highest BCUT2D eigenvalue weighted by Gasteiger charge is 2.13. The molecule has 1 N–H and O–H groups in total. The lowest BCUT2D eigenvalue weighted by Gasteiger charge is -2.19. The number of hydrogen-bond donors (Lipinski definition) is 1. The fourth-order valence-corrected chi connectivity index (χ4v) is 2.34. The summed E-state index contributed by atoms with van der Waals surface area (Å²) in [4.78, 5) is 0. The zero-order valence-corrected chi connectivity index (χ0v) is 14.5. The van der Waals surface area contributed by atoms with Crippen LogP contribution >= 0.6 is 0 Å². The average Bonchev–Trinajstić information content (AvgIpc) is 2.61. The Kier molecular flexibility index (Phi) is 5.23. The van der Waals surface area contributed by atoms with Crippen LogP contribution in [0.2, 0.25) is 0 Å². The number of anilines is 1. The maximum atomic E-state index is 9.07. The second kappa shape index (κ2) is 7.35. The quantitative estimate of drug-likeness (QED) is 0.814. The fourth-order valence-electron chi connectivity index (χ4n) is 2.34. The molecule has 0 aliphatic rings. The monoisotopic (exact) mass is 326 g/mol. The van der Waals surface area contributed by atoms with Crippen LogP contribution < -0.4 is 5.32 Å². The minimum Gasteiger partial charge on any atom is -0.345 e. The van der Waals surface area contributed by atoms with Crippen LogP contribution in [0.5, 0.6) is 0 Å². The van der Waals surface area contributed by atoms with E-state index in [9.17, 15) is 0 Å². The molecule has 0 atom stereocenters. The van der Waals surface area contributed by atoms with Gasteiger partial charge in [0.1, 0.15) is 23.9 Å². The summed E-state index contributed by atoms with van der Waals surface area (Å²) >= 11 is 0. The Morgan fingerprint density at radius 2 is 1.24 bits per heavy atom. The first-order valence-corrected chi connectivity index (χ1v) is 7.81. The summed E-state index contributed by atoms with van der Waals surface area (Å²) in [7, 11) is 0. The molecule has 2 aromatic carbocycles. The second-order valence-electron chi connectivity index (χ2n) is 6.62. The Morgan fingerprint density at radius 1 is 0.760 bits per heavy atom. The Balaban J connectivity index is 2.24. The van der Waals surface area contributed by atoms with Crippen LogP contribution in [-0.4, -0.2) is 0 Å². The standard InChI is InChI=1S/C21H18N4/c1-21(2,3)18-8-4-15(5-9-18)16-6-10-19(11-7-16)25-20(14-24)17(12-22)13-23/h4-11,25H,1-3H3. The molecule has 0 fully saturated rings. The van der Waals surface area contributed by atoms with Crippen molar-refractivity contribution in [1.29, 1.82) is 15.8 Å². The average molecular weight is 326 g/mol. The van der Waals surface area contributed by atoms with Crippen molar-refractivity contribution in [2.45, 2.75) is 26.2 Å². The molecule has 0 aliphatic heterocycles. The number of allylic oxidation sites excluding steroid dienone is 2. The predicted octanol–water partition coefficient (Wildman–Crippen LogP) is 4.89. The first kappa shape index (κ1) is 17.8. The highest BCUT2D eigenvalue weighted by molar-refractivity contribution is 5.68. The van der Waals surface area contributed by atoms with Crippen molar-refractivity contribution in [2.75, 3.05) is 5.32 Å². The molecule has 0 saturated carbocycles. The molecule has 25 heavy (non-hydrogen) atoms. The largest absolute Gasteiger partial charge is 0.345 e. The fraction of sp³-hybridized carbons (Fsp3) is 0.190. The number of rotatable bonds is 3. The second-order valence-corrected chi connectivity index (χ2v) is 6.62. The summed E-state index contributed by atoms with van der Waals surface area (Å²) in [5.74, 6) is 0. The van der Waals surface area contributed by atoms with Crippen LogP contribution in [0.4, 0.5) is 5.69 Å². The van der Waals surface area contributed by atoms with Crippen LogP contribution in [0.25, 0.3) is 11.1 Å². The van der Waals surface area contributed by atoms with Gasteiger partial charge in [0.25, 0.3) is 0 Å². The third-order valence-corrected chi connectivity index (χ3v) is 3.82. The summed E-state index contributed by atoms with van der Waals surface area (Å²) in [6.45, 7) is 6.54. The number of nitrogens with one attached hydrogen (secondary N) is 1. The van der Waals surface area contributed by atoms with Crippen LogP contribution in [0, 0.1) is 34.0 Å². The predicted molar refractivity (Wildman–Crippen MR) is 98.1 cm³/mol. The number of hydrogen-bond acceptors (Lipinski definition) is 4. The summed E-state index contributed by atoms with van der Waals surface area (Å²) in [5, 5.41) is 29.6. The lowest BCUT2D eigenvalue weighted by Crippen LogP contribution is -2.10. The minimum atomic E-state index is -0.232. The SMILES string of the molecule is CC(C)(C)c1ccc(-c2ccc(NC(C#N)=C(C#N)C#N)cc2)cc1. The zero-order chi connectivity index (χ0) is 18.4. The Hall–Kier alpha value is -3.55. The summed E-state index contributed by atoms with van der Waals surface area (Å²) in [6.07, 6.45) is 0. The van der Waals surface area contributed by atoms with E-state index in [0.29, 0.717) is 5.69 Å². The molecule has 0 saturated heterocycles. The van der Waals surface area contributed by atoms with Crippen LogP contribution in [0.1, 0.15) is 26.3 Å². The molecule has 0 aliphatic carbocycles. The molecule has 0 amide bonds. The Morgan fingerprint density at radius 3 is 1.64 bits per heavy atom. The number of benzene rings is 2. The molecule has 0 unspecified atom stereocenters. The minimum absolute atomic E-state index is 0.0488. The smallest absolute Gasteiger partial charge is 0.163 e. The highest BCUT2D eigenvalue weighted by Crippen LogP contribution is 2.27. The third-order valence-electron chi connectivity index (χ3n) is 3.82. The first-order valence-electron chi connectivity index (χ1n) is 7.81. The van der Waals surface area contributed by atoms with Crippen molar-refractivity contribution in [3.8, 4) is 29.3 Å². The van der Waals surface area contributed by atoms with Gasteiger partial charge < -0.3 is 5.32 Å². The van der Waals surface area contributed by atoms with E-state index in [1.807, 2.05) is 30.3 Å². The van der Waals surface area contributed by atoms with Gasteiger partial charge in [0, 0.05) is 5.69 Å². The molecule has 0 aromatic heterocycles. The molecule has 4 heteroatoms. The van der Waals surface area contributed by atoms with Gasteiger partial charge in [0.15, 0.2) is 5.57 Å². The van der Waals surface area contributed by atoms with E-state index in [-0.39, 0.29) is 16.7 Å². The van der Waals surface area contributed by atoms with Gasteiger partial charge in [-0.05, 0) is 34.2 Å². The van der Waals surface area contributed by atoms with Gasteiger partial charge in [0.2, 0.25) is 0 Å². The molecule has 0 radical (unpaired) electrons. The molecule has 2 rings (SSSR count). The van der Waals surface area contributed by atoms with Crippen molar-refractivity contribution in [1.82, 2.24) is 0 Å². The van der Waals surface area contributed by atoms with E-state index in [2.05, 4.69) is 50.4 Å². The van der Waals surface area contributed by atoms with Crippen LogP contribution in [0.15, 0.2) is 59.8 Å². The molecule has 0 heterocycles. The van der Waals surface area contributed by atoms with Crippen LogP contribution in [0.3, 0.4) is 0 Å². The van der Waals surface area contributed by atoms with E-state index < -0.39 is 0 Å². The van der Waals surface area contributed by atoms with Gasteiger partial charge in [-0.15, -0.1) is 0 Å². The van der Waals surface area contributed by atoms with Gasteiger partial charge >= 0.3 is 0 Å². The number of nitriles is 3. The zero-order valence-electron chi connectivity index (χ0n) is 14.5. The molecular weight excluding hydrogens is 308 g/mol. The lowest BCUT2D eigenvalue weighted by atomic mass is 9.86. The maximum Gasteiger partial charge on any atom is 0.163 e. The van der Waals surface area contributed by atoms with Gasteiger partial charge in [-0.2, -0.15) is 15.8 Å². The summed E-state index contributed by atoms with van der Waals surface area (Å²) in [5.41, 5.74) is 3.91. The van der Waals surface area contributed by atoms with Gasteiger partial charge in [-0.25, -0.2) is 0 Å². The van der Waals surface area contributed by atoms with Crippen molar-refractivity contribution in [3.05, 3.63) is 65.4 Å². The van der Waals surface area contributed by atoms with E-state index in [0.717, 1.165) is 11.1 Å². The lowest BCUT2D eigenvalue weighted by molar-refractivity contribution is 0.590. The van der Waals surface area contributed by atoms with E-state index in [1.54, 1.807) is 12.1 Å². The van der Waals surface area contributed by atoms with Crippen molar-refractivity contribution in [3.63, 3.8) is 0 Å². The Bertz CT molecular complexity index is 891. The Labute approximate surface area is 148 Å². The normalized spacial score (nSPS) is 10.1. The summed E-state index contributed by atoms with van der Waals surface area (Å²) < 4.78 is 0. The van der Waals surface area contributed by atoms with E-state index in [1.165, 1.54) is 5.56 Å². The maximum absolute atomic E-state index is 9.07. The van der Waals surface area contributed by atoms with E-state index >= 15 is 0 Å². The van der Waals surface area contributed by atoms with Crippen LogP contribution in [-0.2, 0) is 5.41 Å². The van der Waals surface area contributed by atoms with Gasteiger partial charge in [-0.3, -0.25) is 0 Å². The highest BCUT2D eigenvalue weighted by atomic mass is 14.9. The molecule has 4 nitrogen and oxygen atoms in total. The van der Waals surface area contributed by atoms with Gasteiger partial charge in [0.05, 0.1) is 0 Å². The number of nitrogens with zero attached hydrogens (tertiary/aromatic N) is 3. The molecule has 2 aromatic rings. The summed E-state index contributed by atoms with van der Waals surface area (Å²) in [6, 6.07) is 21.2.